The van der Waals surface area contributed by atoms with E-state index in [0.717, 1.165) is 16.7 Å². The topological polar surface area (TPSA) is 26.0 Å². The summed E-state index contributed by atoms with van der Waals surface area (Å²) in [5.74, 6) is -0.221. The quantitative estimate of drug-likeness (QED) is 0.713. The molecule has 0 aromatic heterocycles. The normalized spacial score (nSPS) is 9.92. The molecule has 0 aliphatic rings. The number of hydrogen-bond donors (Lipinski definition) is 1. The van der Waals surface area contributed by atoms with Gasteiger partial charge in [-0.05, 0) is 35.8 Å². The van der Waals surface area contributed by atoms with E-state index < -0.39 is 0 Å². The van der Waals surface area contributed by atoms with E-state index in [4.69, 9.17) is 5.73 Å². The Hall–Kier alpha value is -1.15. The molecule has 0 amide bonds. The van der Waals surface area contributed by atoms with Crippen LogP contribution in [0.1, 0.15) is 11.1 Å². The number of hydrogen-bond acceptors (Lipinski definition) is 1. The van der Waals surface area contributed by atoms with Crippen LogP contribution in [0.3, 0.4) is 0 Å². The highest BCUT2D eigenvalue weighted by Gasteiger charge is 2.01. The third-order valence-electron chi connectivity index (χ3n) is 1.82. The second kappa shape index (κ2) is 3.50. The van der Waals surface area contributed by atoms with Crippen molar-refractivity contribution in [3.8, 4) is 0 Å². The minimum absolute atomic E-state index is 0.221. The Labute approximate surface area is 71.7 Å². The summed E-state index contributed by atoms with van der Waals surface area (Å²) in [5, 5.41) is 0. The fourth-order valence-electron chi connectivity index (χ4n) is 1.13. The van der Waals surface area contributed by atoms with Crippen molar-refractivity contribution in [2.24, 2.45) is 5.73 Å². The van der Waals surface area contributed by atoms with Crippen LogP contribution in [0.5, 0.6) is 0 Å². The highest BCUT2D eigenvalue weighted by Crippen LogP contribution is 2.16. The van der Waals surface area contributed by atoms with Gasteiger partial charge in [-0.15, -0.1) is 0 Å². The van der Waals surface area contributed by atoms with Crippen LogP contribution in [0.2, 0.25) is 0 Å². The van der Waals surface area contributed by atoms with Gasteiger partial charge in [-0.25, -0.2) is 4.39 Å². The van der Waals surface area contributed by atoms with Crippen molar-refractivity contribution in [1.82, 2.24) is 0 Å². The molecule has 0 saturated carbocycles. The number of rotatable bonds is 2. The molecule has 1 nitrogen and oxygen atoms in total. The van der Waals surface area contributed by atoms with Crippen LogP contribution in [0, 0.1) is 12.7 Å². The molecule has 0 saturated heterocycles. The summed E-state index contributed by atoms with van der Waals surface area (Å²) in [7, 11) is 0. The fourth-order valence-corrected chi connectivity index (χ4v) is 1.13. The Balaban J connectivity index is 3.09. The molecular formula is C10H12FN. The van der Waals surface area contributed by atoms with Crippen LogP contribution in [-0.2, 0) is 0 Å². The molecule has 0 unspecified atom stereocenters. The first kappa shape index (κ1) is 8.94. The molecule has 0 spiro atoms. The Morgan fingerprint density at radius 2 is 2.25 bits per heavy atom. The maximum Gasteiger partial charge on any atom is 0.123 e. The van der Waals surface area contributed by atoms with Crippen LogP contribution in [0.25, 0.3) is 5.57 Å². The van der Waals surface area contributed by atoms with Crippen LogP contribution in [-0.4, -0.2) is 6.54 Å². The minimum Gasteiger partial charge on any atom is -0.326 e. The maximum atomic E-state index is 12.7. The lowest BCUT2D eigenvalue weighted by Crippen LogP contribution is -2.02. The average molecular weight is 165 g/mol. The number of aryl methyl sites for hydroxylation is 1. The van der Waals surface area contributed by atoms with Gasteiger partial charge in [0.25, 0.3) is 0 Å². The largest absolute Gasteiger partial charge is 0.326 e. The van der Waals surface area contributed by atoms with Gasteiger partial charge >= 0.3 is 0 Å². The molecule has 1 rings (SSSR count). The average Bonchev–Trinajstić information content (AvgIpc) is 2.03. The van der Waals surface area contributed by atoms with E-state index in [-0.39, 0.29) is 5.82 Å². The van der Waals surface area contributed by atoms with E-state index in [1.165, 1.54) is 12.1 Å². The molecule has 12 heavy (non-hydrogen) atoms. The van der Waals surface area contributed by atoms with Crippen molar-refractivity contribution < 1.29 is 4.39 Å². The second-order valence-electron chi connectivity index (χ2n) is 2.77. The summed E-state index contributed by atoms with van der Waals surface area (Å²) in [6.45, 7) is 6.04. The van der Waals surface area contributed by atoms with Crippen molar-refractivity contribution in [3.05, 3.63) is 41.7 Å². The van der Waals surface area contributed by atoms with Crippen molar-refractivity contribution in [3.63, 3.8) is 0 Å². The van der Waals surface area contributed by atoms with Crippen LogP contribution >= 0.6 is 0 Å². The van der Waals surface area contributed by atoms with Crippen molar-refractivity contribution in [2.75, 3.05) is 6.54 Å². The predicted octanol–water partition coefficient (Wildman–Crippen LogP) is 2.11. The molecule has 64 valence electrons. The maximum absolute atomic E-state index is 12.7. The zero-order valence-corrected chi connectivity index (χ0v) is 7.10. The lowest BCUT2D eigenvalue weighted by atomic mass is 10.0. The smallest absolute Gasteiger partial charge is 0.123 e. The van der Waals surface area contributed by atoms with E-state index in [9.17, 15) is 4.39 Å². The van der Waals surface area contributed by atoms with Crippen molar-refractivity contribution >= 4 is 5.57 Å². The molecule has 0 aliphatic carbocycles. The zero-order valence-electron chi connectivity index (χ0n) is 7.10. The molecule has 0 aliphatic heterocycles. The summed E-state index contributed by atoms with van der Waals surface area (Å²) >= 11 is 0. The summed E-state index contributed by atoms with van der Waals surface area (Å²) in [4.78, 5) is 0. The molecule has 2 heteroatoms. The molecule has 0 radical (unpaired) electrons. The third kappa shape index (κ3) is 1.71. The Morgan fingerprint density at radius 1 is 1.58 bits per heavy atom. The van der Waals surface area contributed by atoms with Gasteiger partial charge in [0.1, 0.15) is 5.82 Å². The monoisotopic (exact) mass is 165 g/mol. The van der Waals surface area contributed by atoms with Gasteiger partial charge in [0.15, 0.2) is 0 Å². The molecular weight excluding hydrogens is 153 g/mol. The molecule has 1 aromatic rings. The van der Waals surface area contributed by atoms with Crippen LogP contribution in [0.15, 0.2) is 24.8 Å². The van der Waals surface area contributed by atoms with Crippen LogP contribution < -0.4 is 5.73 Å². The molecule has 0 bridgehead atoms. The highest BCUT2D eigenvalue weighted by molar-refractivity contribution is 5.67. The Morgan fingerprint density at radius 3 is 2.75 bits per heavy atom. The third-order valence-corrected chi connectivity index (χ3v) is 1.82. The van der Waals surface area contributed by atoms with Gasteiger partial charge in [0, 0.05) is 6.54 Å². The van der Waals surface area contributed by atoms with E-state index in [1.807, 2.05) is 6.92 Å². The van der Waals surface area contributed by atoms with Gasteiger partial charge in [0.2, 0.25) is 0 Å². The Bertz CT molecular complexity index is 305. The van der Waals surface area contributed by atoms with Crippen molar-refractivity contribution in [1.29, 1.82) is 0 Å². The first-order chi connectivity index (χ1) is 5.65. The van der Waals surface area contributed by atoms with Gasteiger partial charge < -0.3 is 5.73 Å². The molecule has 2 N–H and O–H groups in total. The van der Waals surface area contributed by atoms with E-state index >= 15 is 0 Å². The lowest BCUT2D eigenvalue weighted by molar-refractivity contribution is 0.626. The fraction of sp³-hybridized carbons (Fsp3) is 0.200. The summed E-state index contributed by atoms with van der Waals surface area (Å²) in [6, 6.07) is 4.61. The van der Waals surface area contributed by atoms with E-state index in [0.29, 0.717) is 6.54 Å². The first-order valence-electron chi connectivity index (χ1n) is 3.79. The van der Waals surface area contributed by atoms with E-state index in [2.05, 4.69) is 6.58 Å². The van der Waals surface area contributed by atoms with Crippen LogP contribution in [0.4, 0.5) is 4.39 Å². The standard InChI is InChI=1S/C10H12FN/c1-7-5-9(11)3-4-10(7)8(2)6-12/h3-5H,2,6,12H2,1H3. The molecule has 0 heterocycles. The number of benzene rings is 1. The predicted molar refractivity (Wildman–Crippen MR) is 49.2 cm³/mol. The number of halogens is 1. The zero-order chi connectivity index (χ0) is 9.14. The Kier molecular flexibility index (Phi) is 2.61. The molecule has 0 atom stereocenters. The van der Waals surface area contributed by atoms with E-state index in [1.54, 1.807) is 6.07 Å². The SMILES string of the molecule is C=C(CN)c1ccc(F)cc1C. The van der Waals surface area contributed by atoms with Gasteiger partial charge in [-0.1, -0.05) is 12.6 Å². The lowest BCUT2D eigenvalue weighted by Gasteiger charge is -2.06. The minimum atomic E-state index is -0.221. The number of nitrogens with two attached hydrogens (primary N) is 1. The summed E-state index contributed by atoms with van der Waals surface area (Å²) in [5.41, 5.74) is 8.08. The summed E-state index contributed by atoms with van der Waals surface area (Å²) in [6.07, 6.45) is 0. The van der Waals surface area contributed by atoms with Gasteiger partial charge in [0.05, 0.1) is 0 Å². The first-order valence-corrected chi connectivity index (χ1v) is 3.79. The van der Waals surface area contributed by atoms with Gasteiger partial charge in [-0.3, -0.25) is 0 Å². The second-order valence-corrected chi connectivity index (χ2v) is 2.77. The molecule has 1 aromatic carbocycles. The highest BCUT2D eigenvalue weighted by atomic mass is 19.1. The van der Waals surface area contributed by atoms with Gasteiger partial charge in [-0.2, -0.15) is 0 Å². The molecule has 0 fully saturated rings. The van der Waals surface area contributed by atoms with Crippen molar-refractivity contribution in [2.45, 2.75) is 6.92 Å². The summed E-state index contributed by atoms with van der Waals surface area (Å²) < 4.78 is 12.7.